The van der Waals surface area contributed by atoms with Crippen LogP contribution in [0, 0.1) is 0 Å². The van der Waals surface area contributed by atoms with Crippen LogP contribution in [0.2, 0.25) is 0 Å². The largest absolute Gasteiger partial charge is 0.338 e. The maximum Gasteiger partial charge on any atom is 0.225 e. The van der Waals surface area contributed by atoms with Gasteiger partial charge in [0.15, 0.2) is 9.84 Å². The maximum absolute atomic E-state index is 12.2. The monoisotopic (exact) mass is 439 g/mol. The van der Waals surface area contributed by atoms with Crippen LogP contribution in [0.3, 0.4) is 0 Å². The molecular weight excluding hydrogens is 409 g/mol. The van der Waals surface area contributed by atoms with E-state index in [9.17, 15) is 8.42 Å². The highest BCUT2D eigenvalue weighted by molar-refractivity contribution is 7.90. The van der Waals surface area contributed by atoms with Gasteiger partial charge >= 0.3 is 0 Å². The first-order valence-corrected chi connectivity index (χ1v) is 11.0. The van der Waals surface area contributed by atoms with Gasteiger partial charge in [0.2, 0.25) is 5.95 Å². The SMILES string of the molecule is CC(C)N1CCN(c2ncc(S(C)(=O)=O)c(C3CCCNC3)n2)CC1.Cl.Cl. The summed E-state index contributed by atoms with van der Waals surface area (Å²) in [4.78, 5) is 14.0. The molecule has 3 heterocycles. The molecule has 27 heavy (non-hydrogen) atoms. The summed E-state index contributed by atoms with van der Waals surface area (Å²) in [5.41, 5.74) is 0.686. The number of hydrogen-bond donors (Lipinski definition) is 1. The standard InChI is InChI=1S/C17H29N5O2S.2ClH/c1-13(2)21-7-9-22(10-8-21)17-19-12-15(25(3,23)24)16(20-17)14-5-4-6-18-11-14;;/h12-14,18H,4-11H2,1-3H3;2*1H. The Balaban J connectivity index is 0.00000182. The van der Waals surface area contributed by atoms with E-state index in [1.54, 1.807) is 0 Å². The zero-order chi connectivity index (χ0) is 18.0. The molecule has 10 heteroatoms. The van der Waals surface area contributed by atoms with E-state index in [2.05, 4.69) is 33.9 Å². The first-order valence-electron chi connectivity index (χ1n) is 9.13. The highest BCUT2D eigenvalue weighted by Crippen LogP contribution is 2.28. The molecule has 7 nitrogen and oxygen atoms in total. The molecule has 156 valence electrons. The topological polar surface area (TPSA) is 78.4 Å². The van der Waals surface area contributed by atoms with Crippen molar-refractivity contribution in [3.63, 3.8) is 0 Å². The zero-order valence-electron chi connectivity index (χ0n) is 16.2. The van der Waals surface area contributed by atoms with Crippen molar-refractivity contribution in [1.82, 2.24) is 20.2 Å². The summed E-state index contributed by atoms with van der Waals surface area (Å²) in [6, 6.07) is 0.541. The predicted octanol–water partition coefficient (Wildman–Crippen LogP) is 1.72. The van der Waals surface area contributed by atoms with Gasteiger partial charge in [-0.3, -0.25) is 4.90 Å². The van der Waals surface area contributed by atoms with E-state index in [4.69, 9.17) is 4.98 Å². The molecule has 0 spiro atoms. The molecular formula is C17H31Cl2N5O2S. The predicted molar refractivity (Wildman–Crippen MR) is 113 cm³/mol. The summed E-state index contributed by atoms with van der Waals surface area (Å²) in [6.45, 7) is 9.89. The van der Waals surface area contributed by atoms with Gasteiger partial charge in [-0.1, -0.05) is 0 Å². The number of sulfone groups is 1. The summed E-state index contributed by atoms with van der Waals surface area (Å²) >= 11 is 0. The van der Waals surface area contributed by atoms with Crippen molar-refractivity contribution >= 4 is 40.6 Å². The third kappa shape index (κ3) is 5.90. The first kappa shape index (κ1) is 24.4. The zero-order valence-corrected chi connectivity index (χ0v) is 18.7. The van der Waals surface area contributed by atoms with Crippen LogP contribution in [0.5, 0.6) is 0 Å². The second-order valence-corrected chi connectivity index (χ2v) is 9.34. The Morgan fingerprint density at radius 3 is 2.37 bits per heavy atom. The van der Waals surface area contributed by atoms with E-state index in [1.165, 1.54) is 12.5 Å². The lowest BCUT2D eigenvalue weighted by atomic mass is 9.96. The maximum atomic E-state index is 12.2. The van der Waals surface area contributed by atoms with Crippen LogP contribution < -0.4 is 10.2 Å². The van der Waals surface area contributed by atoms with Gasteiger partial charge in [-0.05, 0) is 33.2 Å². The second-order valence-electron chi connectivity index (χ2n) is 7.35. The molecule has 1 unspecified atom stereocenters. The van der Waals surface area contributed by atoms with Crippen molar-refractivity contribution < 1.29 is 8.42 Å². The molecule has 3 rings (SSSR count). The van der Waals surface area contributed by atoms with Gasteiger partial charge in [-0.25, -0.2) is 18.4 Å². The van der Waals surface area contributed by atoms with Gasteiger partial charge in [-0.15, -0.1) is 24.8 Å². The second kappa shape index (κ2) is 10.2. The molecule has 2 aliphatic rings. The van der Waals surface area contributed by atoms with E-state index >= 15 is 0 Å². The molecule has 2 fully saturated rings. The summed E-state index contributed by atoms with van der Waals surface area (Å²) in [5, 5.41) is 3.35. The van der Waals surface area contributed by atoms with Gasteiger partial charge in [-0.2, -0.15) is 0 Å². The number of hydrogen-bond acceptors (Lipinski definition) is 7. The normalized spacial score (nSPS) is 21.5. The number of halogens is 2. The summed E-state index contributed by atoms with van der Waals surface area (Å²) in [6.07, 6.45) is 4.76. The molecule has 0 saturated carbocycles. The number of rotatable bonds is 4. The molecule has 0 aliphatic carbocycles. The molecule has 0 bridgehead atoms. The van der Waals surface area contributed by atoms with Crippen molar-refractivity contribution in [2.75, 3.05) is 50.4 Å². The van der Waals surface area contributed by atoms with Crippen molar-refractivity contribution in [1.29, 1.82) is 0 Å². The van der Waals surface area contributed by atoms with E-state index in [-0.39, 0.29) is 35.6 Å². The third-order valence-corrected chi connectivity index (χ3v) is 6.29. The van der Waals surface area contributed by atoms with Crippen molar-refractivity contribution in [2.24, 2.45) is 0 Å². The van der Waals surface area contributed by atoms with Crippen LogP contribution in [0.25, 0.3) is 0 Å². The highest BCUT2D eigenvalue weighted by atomic mass is 35.5. The molecule has 0 radical (unpaired) electrons. The minimum Gasteiger partial charge on any atom is -0.338 e. The Morgan fingerprint density at radius 1 is 1.19 bits per heavy atom. The van der Waals surface area contributed by atoms with Crippen LogP contribution in [0.15, 0.2) is 11.1 Å². The number of anilines is 1. The minimum absolute atomic E-state index is 0. The fraction of sp³-hybridized carbons (Fsp3) is 0.765. The van der Waals surface area contributed by atoms with Gasteiger partial charge in [0.1, 0.15) is 4.90 Å². The molecule has 0 aromatic carbocycles. The van der Waals surface area contributed by atoms with E-state index < -0.39 is 9.84 Å². The quantitative estimate of drug-likeness (QED) is 0.764. The van der Waals surface area contributed by atoms with Crippen LogP contribution in [0.1, 0.15) is 38.3 Å². The lowest BCUT2D eigenvalue weighted by molar-refractivity contribution is 0.208. The van der Waals surface area contributed by atoms with E-state index in [1.807, 2.05) is 0 Å². The minimum atomic E-state index is -3.33. The Bertz CT molecular complexity index is 703. The number of nitrogens with zero attached hydrogens (tertiary/aromatic N) is 4. The molecule has 0 amide bonds. The third-order valence-electron chi connectivity index (χ3n) is 5.18. The van der Waals surface area contributed by atoms with Crippen molar-refractivity contribution in [3.05, 3.63) is 11.9 Å². The number of piperidine rings is 1. The van der Waals surface area contributed by atoms with Gasteiger partial charge in [0.25, 0.3) is 0 Å². The van der Waals surface area contributed by atoms with Crippen molar-refractivity contribution in [2.45, 2.75) is 43.5 Å². The van der Waals surface area contributed by atoms with E-state index in [0.717, 1.165) is 52.1 Å². The molecule has 1 aromatic heterocycles. The van der Waals surface area contributed by atoms with Crippen LogP contribution in [-0.2, 0) is 9.84 Å². The fourth-order valence-corrected chi connectivity index (χ4v) is 4.46. The Labute approximate surface area is 175 Å². The summed E-state index contributed by atoms with van der Waals surface area (Å²) in [7, 11) is -3.33. The average molecular weight is 440 g/mol. The van der Waals surface area contributed by atoms with Crippen molar-refractivity contribution in [3.8, 4) is 0 Å². The van der Waals surface area contributed by atoms with E-state index in [0.29, 0.717) is 17.7 Å². The highest BCUT2D eigenvalue weighted by Gasteiger charge is 2.27. The van der Waals surface area contributed by atoms with Crippen LogP contribution in [0.4, 0.5) is 5.95 Å². The van der Waals surface area contributed by atoms with Gasteiger partial charge in [0, 0.05) is 50.9 Å². The average Bonchev–Trinajstić information content (AvgIpc) is 2.61. The van der Waals surface area contributed by atoms with Crippen LogP contribution in [-0.4, -0.2) is 74.9 Å². The molecule has 2 aliphatic heterocycles. The Kier molecular flexibility index (Phi) is 9.21. The lowest BCUT2D eigenvalue weighted by Gasteiger charge is -2.37. The van der Waals surface area contributed by atoms with Gasteiger partial charge in [0.05, 0.1) is 11.9 Å². The summed E-state index contributed by atoms with van der Waals surface area (Å²) in [5.74, 6) is 0.800. The number of piperazine rings is 1. The Morgan fingerprint density at radius 2 is 1.85 bits per heavy atom. The fourth-order valence-electron chi connectivity index (χ4n) is 3.63. The van der Waals surface area contributed by atoms with Crippen LogP contribution >= 0.6 is 24.8 Å². The molecule has 1 atom stereocenters. The number of aromatic nitrogens is 2. The molecule has 1 N–H and O–H groups in total. The molecule has 2 saturated heterocycles. The summed E-state index contributed by atoms with van der Waals surface area (Å²) < 4.78 is 24.4. The number of nitrogens with one attached hydrogen (secondary N) is 1. The first-order chi connectivity index (χ1) is 11.9. The smallest absolute Gasteiger partial charge is 0.225 e. The lowest BCUT2D eigenvalue weighted by Crippen LogP contribution is -2.49. The molecule has 1 aromatic rings. The van der Waals surface area contributed by atoms with Gasteiger partial charge < -0.3 is 10.2 Å². The Hall–Kier alpha value is -0.670.